The summed E-state index contributed by atoms with van der Waals surface area (Å²) in [6.07, 6.45) is 6.10. The van der Waals surface area contributed by atoms with Gasteiger partial charge in [-0.3, -0.25) is 0 Å². The molecule has 1 rings (SSSR count). The molecular formula is C15H25N. The SMILES string of the molecule is CCCc1ccccc1NC(CC)CCC. The van der Waals surface area contributed by atoms with Crippen LogP contribution in [-0.2, 0) is 6.42 Å². The van der Waals surface area contributed by atoms with Crippen LogP contribution in [0.1, 0.15) is 52.0 Å². The standard InChI is InChI=1S/C15H25N/c1-4-9-13-11-7-8-12-15(13)16-14(6-3)10-5-2/h7-8,11-12,14,16H,4-6,9-10H2,1-3H3. The summed E-state index contributed by atoms with van der Waals surface area (Å²) < 4.78 is 0. The fourth-order valence-electron chi connectivity index (χ4n) is 2.10. The molecule has 1 aromatic rings. The van der Waals surface area contributed by atoms with Crippen LogP contribution in [-0.4, -0.2) is 6.04 Å². The molecule has 0 radical (unpaired) electrons. The summed E-state index contributed by atoms with van der Waals surface area (Å²) >= 11 is 0. The van der Waals surface area contributed by atoms with Crippen molar-refractivity contribution in [1.82, 2.24) is 0 Å². The third kappa shape index (κ3) is 3.88. The van der Waals surface area contributed by atoms with E-state index in [2.05, 4.69) is 50.4 Å². The van der Waals surface area contributed by atoms with Gasteiger partial charge in [0.25, 0.3) is 0 Å². The highest BCUT2D eigenvalue weighted by Gasteiger charge is 2.07. The van der Waals surface area contributed by atoms with E-state index in [1.807, 2.05) is 0 Å². The Morgan fingerprint density at radius 3 is 2.44 bits per heavy atom. The summed E-state index contributed by atoms with van der Waals surface area (Å²) in [5.41, 5.74) is 2.80. The van der Waals surface area contributed by atoms with Crippen LogP contribution >= 0.6 is 0 Å². The molecule has 0 aliphatic rings. The number of benzene rings is 1. The summed E-state index contributed by atoms with van der Waals surface area (Å²) in [4.78, 5) is 0. The van der Waals surface area contributed by atoms with Crippen LogP contribution in [0, 0.1) is 0 Å². The number of para-hydroxylation sites is 1. The molecule has 1 unspecified atom stereocenters. The second kappa shape index (κ2) is 7.32. The van der Waals surface area contributed by atoms with Crippen molar-refractivity contribution >= 4 is 5.69 Å². The first kappa shape index (κ1) is 13.1. The molecule has 0 amide bonds. The molecule has 1 atom stereocenters. The lowest BCUT2D eigenvalue weighted by Crippen LogP contribution is -2.18. The monoisotopic (exact) mass is 219 g/mol. The number of aryl methyl sites for hydroxylation is 1. The second-order valence-electron chi connectivity index (χ2n) is 4.45. The predicted molar refractivity (Wildman–Crippen MR) is 73.0 cm³/mol. The predicted octanol–water partition coefficient (Wildman–Crippen LogP) is 4.63. The smallest absolute Gasteiger partial charge is 0.0374 e. The molecule has 1 heteroatoms. The van der Waals surface area contributed by atoms with Gasteiger partial charge in [0.1, 0.15) is 0 Å². The molecule has 0 fully saturated rings. The zero-order valence-corrected chi connectivity index (χ0v) is 10.9. The van der Waals surface area contributed by atoms with E-state index in [9.17, 15) is 0 Å². The highest BCUT2D eigenvalue weighted by molar-refractivity contribution is 5.51. The van der Waals surface area contributed by atoms with Crippen LogP contribution in [0.3, 0.4) is 0 Å². The molecule has 1 aromatic carbocycles. The molecule has 0 heterocycles. The van der Waals surface area contributed by atoms with Crippen molar-refractivity contribution in [2.24, 2.45) is 0 Å². The highest BCUT2D eigenvalue weighted by atomic mass is 14.9. The number of nitrogens with one attached hydrogen (secondary N) is 1. The van der Waals surface area contributed by atoms with Crippen molar-refractivity contribution in [2.45, 2.75) is 58.9 Å². The zero-order chi connectivity index (χ0) is 11.8. The minimum Gasteiger partial charge on any atom is -0.382 e. The average molecular weight is 219 g/mol. The van der Waals surface area contributed by atoms with E-state index in [1.165, 1.54) is 43.4 Å². The fourth-order valence-corrected chi connectivity index (χ4v) is 2.10. The largest absolute Gasteiger partial charge is 0.382 e. The van der Waals surface area contributed by atoms with E-state index in [0.29, 0.717) is 6.04 Å². The van der Waals surface area contributed by atoms with Crippen LogP contribution in [0.5, 0.6) is 0 Å². The van der Waals surface area contributed by atoms with Crippen LogP contribution in [0.15, 0.2) is 24.3 Å². The second-order valence-corrected chi connectivity index (χ2v) is 4.45. The summed E-state index contributed by atoms with van der Waals surface area (Å²) in [5.74, 6) is 0. The van der Waals surface area contributed by atoms with Crippen LogP contribution < -0.4 is 5.32 Å². The summed E-state index contributed by atoms with van der Waals surface area (Å²) in [6, 6.07) is 9.34. The van der Waals surface area contributed by atoms with Gasteiger partial charge in [0.2, 0.25) is 0 Å². The number of hydrogen-bond donors (Lipinski definition) is 1. The van der Waals surface area contributed by atoms with Gasteiger partial charge in [0.05, 0.1) is 0 Å². The van der Waals surface area contributed by atoms with Crippen molar-refractivity contribution in [3.05, 3.63) is 29.8 Å². The number of anilines is 1. The highest BCUT2D eigenvalue weighted by Crippen LogP contribution is 2.19. The van der Waals surface area contributed by atoms with Crippen LogP contribution in [0.4, 0.5) is 5.69 Å². The molecule has 16 heavy (non-hydrogen) atoms. The van der Waals surface area contributed by atoms with Gasteiger partial charge >= 0.3 is 0 Å². The van der Waals surface area contributed by atoms with Gasteiger partial charge in [0, 0.05) is 11.7 Å². The molecule has 0 aliphatic carbocycles. The number of hydrogen-bond acceptors (Lipinski definition) is 1. The maximum absolute atomic E-state index is 3.68. The Morgan fingerprint density at radius 2 is 1.81 bits per heavy atom. The van der Waals surface area contributed by atoms with Crippen molar-refractivity contribution in [1.29, 1.82) is 0 Å². The maximum atomic E-state index is 3.68. The quantitative estimate of drug-likeness (QED) is 0.705. The van der Waals surface area contributed by atoms with E-state index < -0.39 is 0 Å². The molecular weight excluding hydrogens is 194 g/mol. The molecule has 0 spiro atoms. The molecule has 0 bridgehead atoms. The Hall–Kier alpha value is -0.980. The lowest BCUT2D eigenvalue weighted by Gasteiger charge is -2.19. The Morgan fingerprint density at radius 1 is 1.06 bits per heavy atom. The van der Waals surface area contributed by atoms with E-state index in [0.717, 1.165) is 0 Å². The lowest BCUT2D eigenvalue weighted by molar-refractivity contribution is 0.622. The molecule has 0 saturated carbocycles. The third-order valence-electron chi connectivity index (χ3n) is 3.03. The van der Waals surface area contributed by atoms with Crippen LogP contribution in [0.25, 0.3) is 0 Å². The molecule has 0 saturated heterocycles. The van der Waals surface area contributed by atoms with Crippen molar-refractivity contribution in [3.63, 3.8) is 0 Å². The summed E-state index contributed by atoms with van der Waals surface area (Å²) in [7, 11) is 0. The number of rotatable bonds is 7. The average Bonchev–Trinajstić information content (AvgIpc) is 2.31. The Kier molecular flexibility index (Phi) is 5.99. The summed E-state index contributed by atoms with van der Waals surface area (Å²) in [5, 5.41) is 3.68. The molecule has 1 N–H and O–H groups in total. The van der Waals surface area contributed by atoms with Gasteiger partial charge in [-0.15, -0.1) is 0 Å². The van der Waals surface area contributed by atoms with Gasteiger partial charge in [-0.05, 0) is 30.9 Å². The first-order valence-corrected chi connectivity index (χ1v) is 6.66. The normalized spacial score (nSPS) is 12.4. The van der Waals surface area contributed by atoms with E-state index >= 15 is 0 Å². The minimum atomic E-state index is 0.628. The molecule has 0 aliphatic heterocycles. The van der Waals surface area contributed by atoms with E-state index in [-0.39, 0.29) is 0 Å². The molecule has 1 nitrogen and oxygen atoms in total. The van der Waals surface area contributed by atoms with Gasteiger partial charge in [-0.25, -0.2) is 0 Å². The van der Waals surface area contributed by atoms with Crippen molar-refractivity contribution < 1.29 is 0 Å². The first-order valence-electron chi connectivity index (χ1n) is 6.66. The van der Waals surface area contributed by atoms with Crippen LogP contribution in [0.2, 0.25) is 0 Å². The topological polar surface area (TPSA) is 12.0 Å². The van der Waals surface area contributed by atoms with Gasteiger partial charge in [0.15, 0.2) is 0 Å². The fraction of sp³-hybridized carbons (Fsp3) is 0.600. The van der Waals surface area contributed by atoms with Crippen molar-refractivity contribution in [2.75, 3.05) is 5.32 Å². The Balaban J connectivity index is 2.70. The molecule has 0 aromatic heterocycles. The Labute approximate surface area is 100 Å². The van der Waals surface area contributed by atoms with Gasteiger partial charge < -0.3 is 5.32 Å². The van der Waals surface area contributed by atoms with Gasteiger partial charge in [-0.1, -0.05) is 51.8 Å². The molecule has 90 valence electrons. The minimum absolute atomic E-state index is 0.628. The van der Waals surface area contributed by atoms with Crippen molar-refractivity contribution in [3.8, 4) is 0 Å². The Bertz CT molecular complexity index is 293. The van der Waals surface area contributed by atoms with E-state index in [1.54, 1.807) is 0 Å². The first-order chi connectivity index (χ1) is 7.81. The maximum Gasteiger partial charge on any atom is 0.0374 e. The third-order valence-corrected chi connectivity index (χ3v) is 3.03. The lowest BCUT2D eigenvalue weighted by atomic mass is 10.0. The zero-order valence-electron chi connectivity index (χ0n) is 10.9. The van der Waals surface area contributed by atoms with Gasteiger partial charge in [-0.2, -0.15) is 0 Å². The summed E-state index contributed by atoms with van der Waals surface area (Å²) in [6.45, 7) is 6.75. The van der Waals surface area contributed by atoms with E-state index in [4.69, 9.17) is 0 Å².